The third kappa shape index (κ3) is 21.6. The van der Waals surface area contributed by atoms with Crippen LogP contribution in [0.5, 0.6) is 0 Å². The van der Waals surface area contributed by atoms with Gasteiger partial charge in [-0.1, -0.05) is 142 Å². The van der Waals surface area contributed by atoms with Crippen LogP contribution in [0.1, 0.15) is 49.9 Å². The van der Waals surface area contributed by atoms with Crippen molar-refractivity contribution in [3.63, 3.8) is 0 Å². The molecule has 0 bridgehead atoms. The highest BCUT2D eigenvalue weighted by Crippen LogP contribution is 2.42. The van der Waals surface area contributed by atoms with Crippen LogP contribution in [0.4, 0.5) is 0 Å². The van der Waals surface area contributed by atoms with Crippen LogP contribution in [0.15, 0.2) is 121 Å². The maximum Gasteiger partial charge on any atom is 0.171 e. The van der Waals surface area contributed by atoms with Crippen molar-refractivity contribution < 1.29 is 47.4 Å². The largest absolute Gasteiger partial charge is 0.378 e. The fourth-order valence-corrected chi connectivity index (χ4v) is 7.23. The second-order valence-electron chi connectivity index (χ2n) is 17.7. The Labute approximate surface area is 395 Å². The average molecular weight is 915 g/mol. The Morgan fingerprint density at radius 1 is 0.379 bits per heavy atom. The van der Waals surface area contributed by atoms with E-state index in [0.717, 1.165) is 22.3 Å². The lowest BCUT2D eigenvalue weighted by Crippen LogP contribution is -2.46. The quantitative estimate of drug-likeness (QED) is 0.0413. The third-order valence-electron chi connectivity index (χ3n) is 11.5. The van der Waals surface area contributed by atoms with Crippen LogP contribution in [0.25, 0.3) is 0 Å². The molecule has 0 radical (unpaired) electrons. The molecule has 1 heterocycles. The Balaban J connectivity index is 1.15. The first-order valence-corrected chi connectivity index (χ1v) is 23.9. The van der Waals surface area contributed by atoms with Gasteiger partial charge in [0.05, 0.1) is 106 Å². The predicted molar refractivity (Wildman–Crippen MR) is 258 cm³/mol. The van der Waals surface area contributed by atoms with E-state index >= 15 is 0 Å². The van der Waals surface area contributed by atoms with Gasteiger partial charge in [-0.2, -0.15) is 0 Å². The normalized spacial score (nSPS) is 16.2. The first-order chi connectivity index (χ1) is 32.3. The fourth-order valence-electron chi connectivity index (χ4n) is 7.23. The van der Waals surface area contributed by atoms with Crippen molar-refractivity contribution in [3.05, 3.63) is 144 Å². The van der Waals surface area contributed by atoms with Crippen molar-refractivity contribution in [2.24, 2.45) is 5.41 Å². The summed E-state index contributed by atoms with van der Waals surface area (Å²) >= 11 is 0. The molecule has 364 valence electrons. The smallest absolute Gasteiger partial charge is 0.171 e. The van der Waals surface area contributed by atoms with Crippen molar-refractivity contribution >= 4 is 0 Å². The molecule has 12 nitrogen and oxygen atoms in total. The summed E-state index contributed by atoms with van der Waals surface area (Å²) in [4.78, 5) is 4.74. The summed E-state index contributed by atoms with van der Waals surface area (Å²) in [5.41, 5.74) is 4.33. The first kappa shape index (κ1) is 53.4. The zero-order valence-corrected chi connectivity index (χ0v) is 40.2. The van der Waals surface area contributed by atoms with Crippen molar-refractivity contribution in [2.45, 2.75) is 72.1 Å². The number of rotatable bonds is 36. The molecule has 0 amide bonds. The van der Waals surface area contributed by atoms with Gasteiger partial charge in [-0.05, 0) is 29.2 Å². The van der Waals surface area contributed by atoms with Gasteiger partial charge in [-0.15, -0.1) is 0 Å². The molecule has 66 heavy (non-hydrogen) atoms. The van der Waals surface area contributed by atoms with Crippen LogP contribution < -0.4 is 0 Å². The molecule has 1 saturated heterocycles. The molecule has 5 rings (SSSR count). The summed E-state index contributed by atoms with van der Waals surface area (Å²) in [7, 11) is 0. The molecule has 1 fully saturated rings. The molecule has 4 aromatic rings. The summed E-state index contributed by atoms with van der Waals surface area (Å²) in [6, 6.07) is 40.8. The molecule has 4 aromatic carbocycles. The number of hydrogen-bond acceptors (Lipinski definition) is 12. The summed E-state index contributed by atoms with van der Waals surface area (Å²) < 4.78 is 61.9. The van der Waals surface area contributed by atoms with Crippen molar-refractivity contribution in [1.82, 2.24) is 9.80 Å². The van der Waals surface area contributed by atoms with E-state index in [9.17, 15) is 0 Å². The zero-order chi connectivity index (χ0) is 46.4. The number of ether oxygens (including phenoxy) is 10. The number of hydrogen-bond donors (Lipinski definition) is 0. The van der Waals surface area contributed by atoms with Crippen molar-refractivity contribution in [3.8, 4) is 0 Å². The van der Waals surface area contributed by atoms with E-state index in [1.165, 1.54) is 0 Å². The van der Waals surface area contributed by atoms with E-state index < -0.39 is 5.79 Å². The molecule has 2 atom stereocenters. The molecule has 0 N–H and O–H groups in total. The van der Waals surface area contributed by atoms with Gasteiger partial charge in [0.15, 0.2) is 5.79 Å². The minimum atomic E-state index is -0.794. The highest BCUT2D eigenvalue weighted by atomic mass is 16.8. The molecule has 0 saturated carbocycles. The van der Waals surface area contributed by atoms with Gasteiger partial charge in [0.25, 0.3) is 0 Å². The zero-order valence-electron chi connectivity index (χ0n) is 40.2. The Morgan fingerprint density at radius 2 is 0.621 bits per heavy atom. The van der Waals surface area contributed by atoms with Crippen molar-refractivity contribution in [2.75, 3.05) is 119 Å². The third-order valence-corrected chi connectivity index (χ3v) is 11.5. The molecule has 0 spiro atoms. The van der Waals surface area contributed by atoms with Gasteiger partial charge in [-0.3, -0.25) is 9.80 Å². The van der Waals surface area contributed by atoms with Crippen LogP contribution >= 0.6 is 0 Å². The van der Waals surface area contributed by atoms with Gasteiger partial charge >= 0.3 is 0 Å². The Hall–Kier alpha value is -3.60. The highest BCUT2D eigenvalue weighted by molar-refractivity contribution is 5.15. The van der Waals surface area contributed by atoms with Crippen LogP contribution in [-0.4, -0.2) is 146 Å². The predicted octanol–water partition coefficient (Wildman–Crippen LogP) is 8.07. The average Bonchev–Trinajstić information content (AvgIpc) is 3.66. The van der Waals surface area contributed by atoms with Crippen LogP contribution in [-0.2, 0) is 73.8 Å². The molecule has 0 aliphatic carbocycles. The summed E-state index contributed by atoms with van der Waals surface area (Å²) in [6.07, 6.45) is -0.417. The van der Waals surface area contributed by atoms with Gasteiger partial charge in [0.2, 0.25) is 0 Å². The van der Waals surface area contributed by atoms with Gasteiger partial charge in [0.1, 0.15) is 12.2 Å². The highest BCUT2D eigenvalue weighted by Gasteiger charge is 2.51. The molecule has 1 aliphatic rings. The minimum Gasteiger partial charge on any atom is -0.378 e. The van der Waals surface area contributed by atoms with E-state index in [1.807, 2.05) is 72.8 Å². The second-order valence-corrected chi connectivity index (χ2v) is 17.7. The second kappa shape index (κ2) is 31.4. The lowest BCUT2D eigenvalue weighted by atomic mass is 9.87. The van der Waals surface area contributed by atoms with E-state index in [0.29, 0.717) is 145 Å². The van der Waals surface area contributed by atoms with Crippen LogP contribution in [0, 0.1) is 5.41 Å². The lowest BCUT2D eigenvalue weighted by molar-refractivity contribution is -0.225. The van der Waals surface area contributed by atoms with Crippen molar-refractivity contribution in [1.29, 1.82) is 0 Å². The Bertz CT molecular complexity index is 1540. The van der Waals surface area contributed by atoms with E-state index in [-0.39, 0.29) is 17.6 Å². The van der Waals surface area contributed by atoms with Gasteiger partial charge in [0, 0.05) is 44.7 Å². The topological polar surface area (TPSA) is 98.8 Å². The SMILES string of the molecule is CC(C)(C)C1(C)O[C@H](CN(CCOCCOCc2ccccc2)CCOCCOCc2ccccc2)[C@@H](CN(CCOCCOCc2ccccc2)CCOCCOCc2ccccc2)O1. The maximum atomic E-state index is 6.97. The number of nitrogens with zero attached hydrogens (tertiary/aromatic N) is 2. The summed E-state index contributed by atoms with van der Waals surface area (Å²) in [6.45, 7) is 21.3. The standard InChI is InChI=1S/C54H78N2O10/c1-53(2,3)54(4)65-51(41-55(25-29-57-33-37-61-43-47-17-9-5-10-18-47)26-30-58-34-38-62-44-48-19-11-6-12-20-48)52(66-54)42-56(27-31-59-35-39-63-45-49-21-13-7-14-22-49)28-32-60-36-40-64-46-50-23-15-8-16-24-50/h5-24,51-52H,25-46H2,1-4H3/t51-,52-/m1/s1. The molecule has 0 aromatic heterocycles. The molecule has 12 heteroatoms. The minimum absolute atomic E-state index is 0.209. The number of benzene rings is 4. The molecule has 1 aliphatic heterocycles. The molecular weight excluding hydrogens is 837 g/mol. The van der Waals surface area contributed by atoms with Gasteiger partial charge in [-0.25, -0.2) is 0 Å². The summed E-state index contributed by atoms with van der Waals surface area (Å²) in [5.74, 6) is -0.794. The van der Waals surface area contributed by atoms with Crippen LogP contribution in [0.2, 0.25) is 0 Å². The lowest BCUT2D eigenvalue weighted by Gasteiger charge is -2.37. The summed E-state index contributed by atoms with van der Waals surface area (Å²) in [5, 5.41) is 0. The Morgan fingerprint density at radius 3 is 0.864 bits per heavy atom. The maximum absolute atomic E-state index is 6.97. The van der Waals surface area contributed by atoms with E-state index in [1.54, 1.807) is 0 Å². The van der Waals surface area contributed by atoms with E-state index in [4.69, 9.17) is 47.4 Å². The molecule has 0 unspecified atom stereocenters. The molecular formula is C54H78N2O10. The van der Waals surface area contributed by atoms with Crippen LogP contribution in [0.3, 0.4) is 0 Å². The fraction of sp³-hybridized carbons (Fsp3) is 0.556. The van der Waals surface area contributed by atoms with Gasteiger partial charge < -0.3 is 47.4 Å². The first-order valence-electron chi connectivity index (χ1n) is 23.9. The monoisotopic (exact) mass is 915 g/mol. The van der Waals surface area contributed by atoms with E-state index in [2.05, 4.69) is 86.0 Å². The Kier molecular flexibility index (Phi) is 25.4.